The van der Waals surface area contributed by atoms with Gasteiger partial charge in [-0.25, -0.2) is 4.79 Å². The van der Waals surface area contributed by atoms with Crippen LogP contribution in [0.15, 0.2) is 24.3 Å². The number of anilines is 1. The van der Waals surface area contributed by atoms with E-state index in [1.54, 1.807) is 24.3 Å². The lowest BCUT2D eigenvalue weighted by molar-refractivity contribution is 0.229. The van der Waals surface area contributed by atoms with E-state index in [1.165, 1.54) is 6.42 Å². The summed E-state index contributed by atoms with van der Waals surface area (Å²) in [5, 5.41) is 14.6. The van der Waals surface area contributed by atoms with Crippen molar-refractivity contribution in [1.82, 2.24) is 5.32 Å². The summed E-state index contributed by atoms with van der Waals surface area (Å²) in [5.74, 6) is 0.361. The summed E-state index contributed by atoms with van der Waals surface area (Å²) < 4.78 is 0. The highest BCUT2D eigenvalue weighted by atomic mass is 16.2. The molecule has 2 atom stereocenters. The molecule has 106 valence electrons. The Morgan fingerprint density at radius 3 is 2.95 bits per heavy atom. The van der Waals surface area contributed by atoms with Crippen molar-refractivity contribution in [2.24, 2.45) is 11.7 Å². The zero-order valence-corrected chi connectivity index (χ0v) is 11.4. The van der Waals surface area contributed by atoms with Gasteiger partial charge in [0.1, 0.15) is 0 Å². The molecule has 0 aromatic heterocycles. The highest BCUT2D eigenvalue weighted by Crippen LogP contribution is 2.23. The third-order valence-corrected chi connectivity index (χ3v) is 3.78. The molecular weight excluding hydrogens is 252 g/mol. The molecule has 0 aliphatic heterocycles. The van der Waals surface area contributed by atoms with Crippen LogP contribution in [0.2, 0.25) is 0 Å². The van der Waals surface area contributed by atoms with Crippen LogP contribution in [0.3, 0.4) is 0 Å². The van der Waals surface area contributed by atoms with Crippen molar-refractivity contribution < 1.29 is 4.79 Å². The van der Waals surface area contributed by atoms with Gasteiger partial charge in [0, 0.05) is 11.7 Å². The van der Waals surface area contributed by atoms with Crippen molar-refractivity contribution >= 4 is 11.7 Å². The highest BCUT2D eigenvalue weighted by Gasteiger charge is 2.25. The van der Waals surface area contributed by atoms with Crippen LogP contribution in [0, 0.1) is 17.2 Å². The fourth-order valence-electron chi connectivity index (χ4n) is 2.68. The molecule has 20 heavy (non-hydrogen) atoms. The number of nitriles is 1. The summed E-state index contributed by atoms with van der Waals surface area (Å²) in [7, 11) is 0. The largest absolute Gasteiger partial charge is 0.335 e. The standard InChI is InChI=1S/C15H20N4O/c16-9-11-4-3-6-13(8-11)18-15(20)19-14-7-2-1-5-12(14)10-17/h3-4,6,8,12,14H,1-2,5,7,10,17H2,(H2,18,19,20). The van der Waals surface area contributed by atoms with Crippen molar-refractivity contribution in [3.8, 4) is 6.07 Å². The molecule has 1 aromatic carbocycles. The molecule has 5 nitrogen and oxygen atoms in total. The zero-order valence-electron chi connectivity index (χ0n) is 11.4. The van der Waals surface area contributed by atoms with E-state index >= 15 is 0 Å². The van der Waals surface area contributed by atoms with E-state index in [9.17, 15) is 4.79 Å². The van der Waals surface area contributed by atoms with Gasteiger partial charge >= 0.3 is 6.03 Å². The van der Waals surface area contributed by atoms with E-state index in [2.05, 4.69) is 10.6 Å². The monoisotopic (exact) mass is 272 g/mol. The number of hydrogen-bond donors (Lipinski definition) is 3. The van der Waals surface area contributed by atoms with Crippen molar-refractivity contribution in [2.75, 3.05) is 11.9 Å². The molecule has 0 radical (unpaired) electrons. The minimum Gasteiger partial charge on any atom is -0.335 e. The van der Waals surface area contributed by atoms with E-state index in [-0.39, 0.29) is 12.1 Å². The van der Waals surface area contributed by atoms with Crippen LogP contribution in [-0.2, 0) is 0 Å². The third-order valence-electron chi connectivity index (χ3n) is 3.78. The number of carbonyl (C=O) groups excluding carboxylic acids is 1. The van der Waals surface area contributed by atoms with Crippen molar-refractivity contribution in [3.05, 3.63) is 29.8 Å². The fourth-order valence-corrected chi connectivity index (χ4v) is 2.68. The molecule has 1 aliphatic rings. The topological polar surface area (TPSA) is 90.9 Å². The van der Waals surface area contributed by atoms with Gasteiger partial charge in [0.05, 0.1) is 11.6 Å². The summed E-state index contributed by atoms with van der Waals surface area (Å²) in [5.41, 5.74) is 6.91. The molecule has 2 rings (SSSR count). The minimum atomic E-state index is -0.231. The van der Waals surface area contributed by atoms with Gasteiger partial charge in [-0.3, -0.25) is 0 Å². The molecule has 0 saturated heterocycles. The third kappa shape index (κ3) is 3.72. The lowest BCUT2D eigenvalue weighted by Gasteiger charge is -2.31. The van der Waals surface area contributed by atoms with Crippen molar-refractivity contribution in [2.45, 2.75) is 31.7 Å². The normalized spacial score (nSPS) is 21.8. The summed E-state index contributed by atoms with van der Waals surface area (Å²) in [4.78, 5) is 12.0. The second kappa shape index (κ2) is 6.92. The Morgan fingerprint density at radius 2 is 2.20 bits per heavy atom. The van der Waals surface area contributed by atoms with Crippen LogP contribution in [-0.4, -0.2) is 18.6 Å². The van der Waals surface area contributed by atoms with E-state index in [1.807, 2.05) is 6.07 Å². The lowest BCUT2D eigenvalue weighted by Crippen LogP contribution is -2.46. The lowest BCUT2D eigenvalue weighted by atomic mass is 9.84. The molecule has 1 aromatic rings. The number of amides is 2. The number of benzene rings is 1. The molecule has 1 saturated carbocycles. The summed E-state index contributed by atoms with van der Waals surface area (Å²) in [6, 6.07) is 8.83. The predicted molar refractivity (Wildman–Crippen MR) is 78.1 cm³/mol. The van der Waals surface area contributed by atoms with E-state index in [4.69, 9.17) is 11.0 Å². The Kier molecular flexibility index (Phi) is 4.97. The molecule has 0 spiro atoms. The number of rotatable bonds is 3. The van der Waals surface area contributed by atoms with E-state index in [0.29, 0.717) is 23.7 Å². The first-order valence-electron chi connectivity index (χ1n) is 7.00. The molecular formula is C15H20N4O. The van der Waals surface area contributed by atoms with Gasteiger partial charge in [-0.1, -0.05) is 18.9 Å². The van der Waals surface area contributed by atoms with Crippen LogP contribution in [0.5, 0.6) is 0 Å². The molecule has 0 bridgehead atoms. The average Bonchev–Trinajstić information content (AvgIpc) is 2.48. The first-order chi connectivity index (χ1) is 9.72. The van der Waals surface area contributed by atoms with E-state index < -0.39 is 0 Å². The first-order valence-corrected chi connectivity index (χ1v) is 7.00. The van der Waals surface area contributed by atoms with Gasteiger partial charge in [0.15, 0.2) is 0 Å². The average molecular weight is 272 g/mol. The van der Waals surface area contributed by atoms with E-state index in [0.717, 1.165) is 19.3 Å². The molecule has 2 amide bonds. The van der Waals surface area contributed by atoms with Crippen LogP contribution >= 0.6 is 0 Å². The summed E-state index contributed by atoms with van der Waals surface area (Å²) >= 11 is 0. The van der Waals surface area contributed by atoms with Crippen molar-refractivity contribution in [3.63, 3.8) is 0 Å². The Bertz CT molecular complexity index is 509. The Balaban J connectivity index is 1.93. The molecule has 0 heterocycles. The van der Waals surface area contributed by atoms with Gasteiger partial charge in [0.25, 0.3) is 0 Å². The van der Waals surface area contributed by atoms with Crippen LogP contribution < -0.4 is 16.4 Å². The maximum Gasteiger partial charge on any atom is 0.319 e. The number of nitrogens with two attached hydrogens (primary N) is 1. The van der Waals surface area contributed by atoms with Gasteiger partial charge in [-0.15, -0.1) is 0 Å². The fraction of sp³-hybridized carbons (Fsp3) is 0.467. The zero-order chi connectivity index (χ0) is 14.4. The molecule has 2 unspecified atom stereocenters. The number of nitrogens with one attached hydrogen (secondary N) is 2. The number of carbonyl (C=O) groups is 1. The summed E-state index contributed by atoms with van der Waals surface area (Å²) in [6.45, 7) is 0.606. The predicted octanol–water partition coefficient (Wildman–Crippen LogP) is 2.20. The Hall–Kier alpha value is -2.06. The number of urea groups is 1. The number of nitrogens with zero attached hydrogens (tertiary/aromatic N) is 1. The second-order valence-corrected chi connectivity index (χ2v) is 5.18. The smallest absolute Gasteiger partial charge is 0.319 e. The Morgan fingerprint density at radius 1 is 1.40 bits per heavy atom. The maximum atomic E-state index is 12.0. The van der Waals surface area contributed by atoms with Gasteiger partial charge in [-0.05, 0) is 43.5 Å². The summed E-state index contributed by atoms with van der Waals surface area (Å²) in [6.07, 6.45) is 4.37. The van der Waals surface area contributed by atoms with Crippen molar-refractivity contribution in [1.29, 1.82) is 5.26 Å². The Labute approximate surface area is 119 Å². The molecule has 1 fully saturated rings. The van der Waals surface area contributed by atoms with Crippen LogP contribution in [0.4, 0.5) is 10.5 Å². The minimum absolute atomic E-state index is 0.146. The first kappa shape index (κ1) is 14.4. The SMILES string of the molecule is N#Cc1cccc(NC(=O)NC2CCCCC2CN)c1. The quantitative estimate of drug-likeness (QED) is 0.787. The second-order valence-electron chi connectivity index (χ2n) is 5.18. The highest BCUT2D eigenvalue weighted by molar-refractivity contribution is 5.89. The van der Waals surface area contributed by atoms with Crippen LogP contribution in [0.1, 0.15) is 31.2 Å². The van der Waals surface area contributed by atoms with Gasteiger partial charge in [0.2, 0.25) is 0 Å². The molecule has 1 aliphatic carbocycles. The molecule has 5 heteroatoms. The van der Waals surface area contributed by atoms with Crippen LogP contribution in [0.25, 0.3) is 0 Å². The van der Waals surface area contributed by atoms with Gasteiger partial charge in [-0.2, -0.15) is 5.26 Å². The number of hydrogen-bond acceptors (Lipinski definition) is 3. The van der Waals surface area contributed by atoms with Gasteiger partial charge < -0.3 is 16.4 Å². The maximum absolute atomic E-state index is 12.0. The molecule has 4 N–H and O–H groups in total.